The van der Waals surface area contributed by atoms with Crippen LogP contribution in [0.15, 0.2) is 42.5 Å². The van der Waals surface area contributed by atoms with Gasteiger partial charge in [-0.1, -0.05) is 23.7 Å². The van der Waals surface area contributed by atoms with Crippen molar-refractivity contribution in [2.24, 2.45) is 0 Å². The molecule has 2 rings (SSSR count). The molecular formula is C14H12ClN3O3. The van der Waals surface area contributed by atoms with Crippen molar-refractivity contribution < 1.29 is 9.72 Å². The van der Waals surface area contributed by atoms with E-state index in [0.29, 0.717) is 10.7 Å². The second kappa shape index (κ2) is 6.23. The van der Waals surface area contributed by atoms with E-state index in [4.69, 9.17) is 17.3 Å². The molecule has 0 atom stereocenters. The Hall–Kier alpha value is -2.60. The van der Waals surface area contributed by atoms with Crippen LogP contribution in [0.5, 0.6) is 0 Å². The third-order valence-electron chi connectivity index (χ3n) is 2.77. The zero-order chi connectivity index (χ0) is 15.4. The standard InChI is InChI=1S/C14H12ClN3O3/c15-10-3-6-13(18(20)21)12(8-10)17-14(19)7-9-1-4-11(16)5-2-9/h1-6,8H,7,16H2,(H,17,19). The van der Waals surface area contributed by atoms with Gasteiger partial charge in [-0.25, -0.2) is 0 Å². The smallest absolute Gasteiger partial charge is 0.292 e. The predicted molar refractivity (Wildman–Crippen MR) is 81.3 cm³/mol. The van der Waals surface area contributed by atoms with Crippen LogP contribution in [-0.2, 0) is 11.2 Å². The van der Waals surface area contributed by atoms with E-state index in [1.807, 2.05) is 0 Å². The molecule has 0 aromatic heterocycles. The molecule has 2 aromatic rings. The summed E-state index contributed by atoms with van der Waals surface area (Å²) in [6.07, 6.45) is 0.0872. The third-order valence-corrected chi connectivity index (χ3v) is 3.01. The number of amides is 1. The zero-order valence-corrected chi connectivity index (χ0v) is 11.6. The van der Waals surface area contributed by atoms with E-state index < -0.39 is 4.92 Å². The lowest BCUT2D eigenvalue weighted by atomic mass is 10.1. The molecule has 6 nitrogen and oxygen atoms in total. The topological polar surface area (TPSA) is 98.3 Å². The number of anilines is 2. The lowest BCUT2D eigenvalue weighted by Gasteiger charge is -2.07. The van der Waals surface area contributed by atoms with Gasteiger partial charge in [0.2, 0.25) is 5.91 Å². The van der Waals surface area contributed by atoms with Gasteiger partial charge in [0.15, 0.2) is 0 Å². The number of nitro benzene ring substituents is 1. The molecule has 0 bridgehead atoms. The SMILES string of the molecule is Nc1ccc(CC(=O)Nc2cc(Cl)ccc2[N+](=O)[O-])cc1. The zero-order valence-electron chi connectivity index (χ0n) is 10.9. The molecule has 2 aromatic carbocycles. The third kappa shape index (κ3) is 3.93. The Kier molecular flexibility index (Phi) is 4.39. The average molecular weight is 306 g/mol. The summed E-state index contributed by atoms with van der Waals surface area (Å²) in [5, 5.41) is 13.7. The number of carbonyl (C=O) groups is 1. The first kappa shape index (κ1) is 14.8. The Morgan fingerprint density at radius 1 is 1.24 bits per heavy atom. The second-order valence-corrected chi connectivity index (χ2v) is 4.82. The Morgan fingerprint density at radius 2 is 1.90 bits per heavy atom. The molecular weight excluding hydrogens is 294 g/mol. The summed E-state index contributed by atoms with van der Waals surface area (Å²) in [5.74, 6) is -0.370. The first-order valence-electron chi connectivity index (χ1n) is 6.04. The van der Waals surface area contributed by atoms with Gasteiger partial charge < -0.3 is 11.1 Å². The molecule has 0 heterocycles. The van der Waals surface area contributed by atoms with Crippen LogP contribution in [-0.4, -0.2) is 10.8 Å². The predicted octanol–water partition coefficient (Wildman–Crippen LogP) is 3.01. The van der Waals surface area contributed by atoms with Crippen molar-refractivity contribution in [1.82, 2.24) is 0 Å². The van der Waals surface area contributed by atoms with Crippen LogP contribution in [0.3, 0.4) is 0 Å². The number of hydrogen-bond donors (Lipinski definition) is 2. The molecule has 0 aliphatic carbocycles. The van der Waals surface area contributed by atoms with Crippen molar-refractivity contribution in [3.05, 3.63) is 63.2 Å². The van der Waals surface area contributed by atoms with Crippen LogP contribution in [0.4, 0.5) is 17.1 Å². The molecule has 0 radical (unpaired) electrons. The fourth-order valence-electron chi connectivity index (χ4n) is 1.78. The van der Waals surface area contributed by atoms with Crippen LogP contribution in [0.1, 0.15) is 5.56 Å². The van der Waals surface area contributed by atoms with E-state index in [1.54, 1.807) is 24.3 Å². The lowest BCUT2D eigenvalue weighted by Crippen LogP contribution is -2.15. The molecule has 108 valence electrons. The van der Waals surface area contributed by atoms with Crippen LogP contribution in [0, 0.1) is 10.1 Å². The quantitative estimate of drug-likeness (QED) is 0.515. The molecule has 0 spiro atoms. The largest absolute Gasteiger partial charge is 0.399 e. The molecule has 21 heavy (non-hydrogen) atoms. The van der Waals surface area contributed by atoms with Crippen molar-refractivity contribution in [2.45, 2.75) is 6.42 Å². The summed E-state index contributed by atoms with van der Waals surface area (Å²) in [6, 6.07) is 10.8. The van der Waals surface area contributed by atoms with Gasteiger partial charge in [0.05, 0.1) is 11.3 Å². The van der Waals surface area contributed by atoms with Gasteiger partial charge in [-0.15, -0.1) is 0 Å². The highest BCUT2D eigenvalue weighted by Gasteiger charge is 2.16. The Balaban J connectivity index is 2.14. The van der Waals surface area contributed by atoms with Gasteiger partial charge in [0, 0.05) is 16.8 Å². The van der Waals surface area contributed by atoms with E-state index in [0.717, 1.165) is 5.56 Å². The Morgan fingerprint density at radius 3 is 2.52 bits per heavy atom. The van der Waals surface area contributed by atoms with Gasteiger partial charge in [-0.05, 0) is 29.8 Å². The maximum atomic E-state index is 11.9. The lowest BCUT2D eigenvalue weighted by molar-refractivity contribution is -0.383. The number of nitrogen functional groups attached to an aromatic ring is 1. The second-order valence-electron chi connectivity index (χ2n) is 4.39. The minimum atomic E-state index is -0.574. The van der Waals surface area contributed by atoms with E-state index in [9.17, 15) is 14.9 Å². The monoisotopic (exact) mass is 305 g/mol. The van der Waals surface area contributed by atoms with Crippen LogP contribution in [0.2, 0.25) is 5.02 Å². The fourth-order valence-corrected chi connectivity index (χ4v) is 1.95. The summed E-state index contributed by atoms with van der Waals surface area (Å²) in [7, 11) is 0. The van der Waals surface area contributed by atoms with Gasteiger partial charge >= 0.3 is 0 Å². The molecule has 7 heteroatoms. The molecule has 3 N–H and O–H groups in total. The highest BCUT2D eigenvalue weighted by Crippen LogP contribution is 2.27. The van der Waals surface area contributed by atoms with E-state index in [1.165, 1.54) is 18.2 Å². The van der Waals surface area contributed by atoms with Gasteiger partial charge in [-0.2, -0.15) is 0 Å². The number of nitrogens with one attached hydrogen (secondary N) is 1. The van der Waals surface area contributed by atoms with Gasteiger partial charge in [0.1, 0.15) is 5.69 Å². The minimum Gasteiger partial charge on any atom is -0.399 e. The number of halogens is 1. The van der Waals surface area contributed by atoms with Crippen molar-refractivity contribution in [3.8, 4) is 0 Å². The molecule has 0 aliphatic rings. The highest BCUT2D eigenvalue weighted by molar-refractivity contribution is 6.31. The number of nitrogens with zero attached hydrogens (tertiary/aromatic N) is 1. The van der Waals surface area contributed by atoms with Gasteiger partial charge in [-0.3, -0.25) is 14.9 Å². The van der Waals surface area contributed by atoms with Crippen molar-refractivity contribution in [2.75, 3.05) is 11.1 Å². The summed E-state index contributed by atoms with van der Waals surface area (Å²) in [5.41, 5.74) is 6.79. The number of benzene rings is 2. The Labute approximate surface area is 125 Å². The fraction of sp³-hybridized carbons (Fsp3) is 0.0714. The van der Waals surface area contributed by atoms with Crippen molar-refractivity contribution >= 4 is 34.6 Å². The van der Waals surface area contributed by atoms with Crippen LogP contribution >= 0.6 is 11.6 Å². The number of hydrogen-bond acceptors (Lipinski definition) is 4. The van der Waals surface area contributed by atoms with Gasteiger partial charge in [0.25, 0.3) is 5.69 Å². The molecule has 0 fully saturated rings. The maximum Gasteiger partial charge on any atom is 0.292 e. The summed E-state index contributed by atoms with van der Waals surface area (Å²) in [4.78, 5) is 22.3. The van der Waals surface area contributed by atoms with Crippen molar-refractivity contribution in [1.29, 1.82) is 0 Å². The highest BCUT2D eigenvalue weighted by atomic mass is 35.5. The van der Waals surface area contributed by atoms with Crippen molar-refractivity contribution in [3.63, 3.8) is 0 Å². The number of nitrogens with two attached hydrogens (primary N) is 1. The average Bonchev–Trinajstić information content (AvgIpc) is 2.41. The van der Waals surface area contributed by atoms with Crippen LogP contribution in [0.25, 0.3) is 0 Å². The number of rotatable bonds is 4. The van der Waals surface area contributed by atoms with E-state index in [-0.39, 0.29) is 23.7 Å². The summed E-state index contributed by atoms with van der Waals surface area (Å²) < 4.78 is 0. The summed E-state index contributed by atoms with van der Waals surface area (Å²) >= 11 is 5.79. The molecule has 0 saturated heterocycles. The maximum absolute atomic E-state index is 11.9. The number of carbonyl (C=O) groups excluding carboxylic acids is 1. The first-order valence-corrected chi connectivity index (χ1v) is 6.42. The molecule has 1 amide bonds. The Bertz CT molecular complexity index is 686. The molecule has 0 unspecified atom stereocenters. The normalized spacial score (nSPS) is 10.1. The van der Waals surface area contributed by atoms with E-state index in [2.05, 4.69) is 5.32 Å². The van der Waals surface area contributed by atoms with E-state index >= 15 is 0 Å². The molecule has 0 saturated carbocycles. The van der Waals surface area contributed by atoms with Crippen LogP contribution < -0.4 is 11.1 Å². The minimum absolute atomic E-state index is 0.0768. The summed E-state index contributed by atoms with van der Waals surface area (Å²) in [6.45, 7) is 0. The molecule has 0 aliphatic heterocycles. The number of nitro groups is 1. The first-order chi connectivity index (χ1) is 9.95.